The first kappa shape index (κ1) is 10.7. The van der Waals surface area contributed by atoms with E-state index in [2.05, 4.69) is 4.98 Å². The monoisotopic (exact) mass is 218 g/mol. The van der Waals surface area contributed by atoms with Crippen molar-refractivity contribution in [3.63, 3.8) is 0 Å². The zero-order valence-electron chi connectivity index (χ0n) is 7.76. The van der Waals surface area contributed by atoms with E-state index in [0.29, 0.717) is 0 Å². The van der Waals surface area contributed by atoms with Gasteiger partial charge < -0.3 is 9.67 Å². The average Bonchev–Trinajstić information content (AvgIpc) is 2.26. The fourth-order valence-corrected chi connectivity index (χ4v) is 1.74. The van der Waals surface area contributed by atoms with Gasteiger partial charge in [0.1, 0.15) is 0 Å². The van der Waals surface area contributed by atoms with Crippen LogP contribution >= 0.6 is 0 Å². The van der Waals surface area contributed by atoms with Crippen LogP contribution in [0.3, 0.4) is 0 Å². The summed E-state index contributed by atoms with van der Waals surface area (Å²) in [5, 5.41) is 8.64. The topological polar surface area (TPSA) is 89.3 Å². The molecule has 0 radical (unpaired) electrons. The van der Waals surface area contributed by atoms with Crippen molar-refractivity contribution in [3.8, 4) is 0 Å². The van der Waals surface area contributed by atoms with E-state index >= 15 is 0 Å². The maximum atomic E-state index is 10.9. The van der Waals surface area contributed by atoms with Gasteiger partial charge in [0.25, 0.3) is 0 Å². The minimum Gasteiger partial charge on any atom is -0.475 e. The van der Waals surface area contributed by atoms with Gasteiger partial charge in [-0.2, -0.15) is 0 Å². The maximum absolute atomic E-state index is 10.9. The van der Waals surface area contributed by atoms with Gasteiger partial charge in [0.2, 0.25) is 5.82 Å². The van der Waals surface area contributed by atoms with Crippen LogP contribution in [0.5, 0.6) is 0 Å². The van der Waals surface area contributed by atoms with E-state index in [0.717, 1.165) is 6.26 Å². The van der Waals surface area contributed by atoms with Crippen molar-refractivity contribution in [2.75, 3.05) is 6.26 Å². The predicted octanol–water partition coefficient (Wildman–Crippen LogP) is -0.337. The third kappa shape index (κ3) is 2.56. The molecule has 1 N–H and O–H groups in total. The van der Waals surface area contributed by atoms with Crippen LogP contribution in [0.15, 0.2) is 6.20 Å². The molecule has 0 atom stereocenters. The van der Waals surface area contributed by atoms with Gasteiger partial charge in [-0.15, -0.1) is 0 Å². The molecule has 0 saturated carbocycles. The van der Waals surface area contributed by atoms with Crippen LogP contribution < -0.4 is 0 Å². The number of carbonyl (C=O) groups is 1. The summed E-state index contributed by atoms with van der Waals surface area (Å²) in [5.41, 5.74) is 0.243. The average molecular weight is 218 g/mol. The summed E-state index contributed by atoms with van der Waals surface area (Å²) in [6, 6.07) is 0. The molecule has 1 aromatic heterocycles. The van der Waals surface area contributed by atoms with Gasteiger partial charge in [-0.3, -0.25) is 0 Å². The van der Waals surface area contributed by atoms with Gasteiger partial charge in [0.15, 0.2) is 9.84 Å². The predicted molar refractivity (Wildman–Crippen MR) is 48.7 cm³/mol. The third-order valence-corrected chi connectivity index (χ3v) is 2.35. The van der Waals surface area contributed by atoms with Gasteiger partial charge in [0.05, 0.1) is 11.4 Å². The van der Waals surface area contributed by atoms with E-state index in [1.807, 2.05) is 0 Å². The molecule has 0 amide bonds. The minimum atomic E-state index is -3.18. The Bertz CT molecular complexity index is 460. The van der Waals surface area contributed by atoms with Crippen LogP contribution in [0.4, 0.5) is 0 Å². The molecular formula is C7H10N2O4S. The third-order valence-electron chi connectivity index (χ3n) is 1.53. The van der Waals surface area contributed by atoms with E-state index in [1.165, 1.54) is 17.8 Å². The van der Waals surface area contributed by atoms with E-state index in [-0.39, 0.29) is 17.3 Å². The molecule has 1 heterocycles. The first-order valence-electron chi connectivity index (χ1n) is 3.73. The van der Waals surface area contributed by atoms with Gasteiger partial charge in [-0.25, -0.2) is 18.2 Å². The van der Waals surface area contributed by atoms with Crippen molar-refractivity contribution in [2.24, 2.45) is 7.05 Å². The van der Waals surface area contributed by atoms with Crippen molar-refractivity contribution >= 4 is 15.8 Å². The Morgan fingerprint density at radius 2 is 2.21 bits per heavy atom. The number of sulfone groups is 1. The number of imidazole rings is 1. The number of aryl methyl sites for hydroxylation is 1. The molecule has 0 bridgehead atoms. The van der Waals surface area contributed by atoms with Crippen molar-refractivity contribution in [3.05, 3.63) is 17.7 Å². The second kappa shape index (κ2) is 3.41. The van der Waals surface area contributed by atoms with Crippen LogP contribution in [0.1, 0.15) is 16.3 Å². The first-order chi connectivity index (χ1) is 6.29. The molecule has 0 spiro atoms. The Hall–Kier alpha value is -1.37. The standard InChI is InChI=1S/C7H10N2O4S/c1-9-3-5(4-14(2,12)13)8-6(9)7(10)11/h3H,4H2,1-2H3,(H,10,11). The quantitative estimate of drug-likeness (QED) is 0.749. The van der Waals surface area contributed by atoms with Gasteiger partial charge >= 0.3 is 5.97 Å². The lowest BCUT2D eigenvalue weighted by Crippen LogP contribution is -2.05. The summed E-state index contributed by atoms with van der Waals surface area (Å²) in [6.07, 6.45) is 2.46. The van der Waals surface area contributed by atoms with Crippen LogP contribution in [0, 0.1) is 0 Å². The zero-order valence-corrected chi connectivity index (χ0v) is 8.58. The summed E-state index contributed by atoms with van der Waals surface area (Å²) in [7, 11) is -1.67. The SMILES string of the molecule is Cn1cc(CS(C)(=O)=O)nc1C(=O)O. The van der Waals surface area contributed by atoms with E-state index in [1.54, 1.807) is 0 Å². The minimum absolute atomic E-state index is 0.163. The lowest BCUT2D eigenvalue weighted by atomic mass is 10.6. The number of carboxylic acids is 1. The first-order valence-corrected chi connectivity index (χ1v) is 5.79. The number of rotatable bonds is 3. The molecule has 78 valence electrons. The molecule has 6 nitrogen and oxygen atoms in total. The number of aromatic carboxylic acids is 1. The Morgan fingerprint density at radius 1 is 1.64 bits per heavy atom. The second-order valence-corrected chi connectivity index (χ2v) is 5.18. The van der Waals surface area contributed by atoms with Gasteiger partial charge in [-0.05, 0) is 0 Å². The Balaban J connectivity index is 3.04. The van der Waals surface area contributed by atoms with Crippen molar-refractivity contribution in [1.82, 2.24) is 9.55 Å². The lowest BCUT2D eigenvalue weighted by molar-refractivity contribution is 0.0679. The van der Waals surface area contributed by atoms with Crippen LogP contribution in [-0.4, -0.2) is 35.3 Å². The van der Waals surface area contributed by atoms with E-state index in [4.69, 9.17) is 5.11 Å². The van der Waals surface area contributed by atoms with Crippen LogP contribution in [-0.2, 0) is 22.6 Å². The number of aromatic nitrogens is 2. The van der Waals surface area contributed by atoms with Crippen molar-refractivity contribution in [1.29, 1.82) is 0 Å². The van der Waals surface area contributed by atoms with E-state index < -0.39 is 15.8 Å². The maximum Gasteiger partial charge on any atom is 0.372 e. The molecule has 0 aliphatic heterocycles. The summed E-state index contributed by atoms with van der Waals surface area (Å²) < 4.78 is 23.1. The van der Waals surface area contributed by atoms with Crippen LogP contribution in [0.25, 0.3) is 0 Å². The normalized spacial score (nSPS) is 11.6. The zero-order chi connectivity index (χ0) is 10.9. The highest BCUT2D eigenvalue weighted by molar-refractivity contribution is 7.89. The largest absolute Gasteiger partial charge is 0.475 e. The highest BCUT2D eigenvalue weighted by Crippen LogP contribution is 2.05. The molecule has 1 aromatic rings. The molecule has 0 unspecified atom stereocenters. The fraction of sp³-hybridized carbons (Fsp3) is 0.429. The smallest absolute Gasteiger partial charge is 0.372 e. The molecule has 0 aliphatic rings. The highest BCUT2D eigenvalue weighted by Gasteiger charge is 2.14. The molecule has 1 rings (SSSR count). The molecule has 0 aliphatic carbocycles. The molecule has 14 heavy (non-hydrogen) atoms. The van der Waals surface area contributed by atoms with Gasteiger partial charge in [-0.1, -0.05) is 0 Å². The number of carboxylic acid groups (broad SMARTS) is 1. The Morgan fingerprint density at radius 3 is 2.57 bits per heavy atom. The Labute approximate surface area is 81.1 Å². The lowest BCUT2D eigenvalue weighted by Gasteiger charge is -1.90. The molecular weight excluding hydrogens is 208 g/mol. The second-order valence-electron chi connectivity index (χ2n) is 3.04. The summed E-state index contributed by atoms with van der Waals surface area (Å²) >= 11 is 0. The van der Waals surface area contributed by atoms with Crippen molar-refractivity contribution in [2.45, 2.75) is 5.75 Å². The molecule has 0 saturated heterocycles. The van der Waals surface area contributed by atoms with Crippen LogP contribution in [0.2, 0.25) is 0 Å². The van der Waals surface area contributed by atoms with Gasteiger partial charge in [0, 0.05) is 19.5 Å². The molecule has 0 fully saturated rings. The summed E-state index contributed by atoms with van der Waals surface area (Å²) in [5.74, 6) is -1.58. The summed E-state index contributed by atoms with van der Waals surface area (Å²) in [4.78, 5) is 14.2. The van der Waals surface area contributed by atoms with E-state index in [9.17, 15) is 13.2 Å². The summed E-state index contributed by atoms with van der Waals surface area (Å²) in [6.45, 7) is 0. The fourth-order valence-electron chi connectivity index (χ4n) is 1.07. The Kier molecular flexibility index (Phi) is 2.61. The molecule has 0 aromatic carbocycles. The number of hydrogen-bond acceptors (Lipinski definition) is 4. The number of nitrogens with zero attached hydrogens (tertiary/aromatic N) is 2. The highest BCUT2D eigenvalue weighted by atomic mass is 32.2. The number of hydrogen-bond donors (Lipinski definition) is 1. The molecule has 7 heteroatoms. The van der Waals surface area contributed by atoms with Crippen molar-refractivity contribution < 1.29 is 18.3 Å².